The fourth-order valence-corrected chi connectivity index (χ4v) is 5.08. The summed E-state index contributed by atoms with van der Waals surface area (Å²) in [5.74, 6) is 0. The summed E-state index contributed by atoms with van der Waals surface area (Å²) in [5.41, 5.74) is 5.28. The van der Waals surface area contributed by atoms with E-state index in [-0.39, 0.29) is 31.2 Å². The molecule has 193 valence electrons. The third-order valence-corrected chi connectivity index (χ3v) is 7.90. The van der Waals surface area contributed by atoms with E-state index in [0.29, 0.717) is 11.3 Å². The predicted molar refractivity (Wildman–Crippen MR) is 157 cm³/mol. The summed E-state index contributed by atoms with van der Waals surface area (Å²) in [7, 11) is -1.38. The molecule has 3 nitrogen and oxygen atoms in total. The minimum absolute atomic E-state index is 0. The zero-order chi connectivity index (χ0) is 31.0. The van der Waals surface area contributed by atoms with Crippen LogP contribution in [0, 0.1) is 25.8 Å². The Hall–Kier alpha value is -3.37. The van der Waals surface area contributed by atoms with Gasteiger partial charge in [0.15, 0.2) is 5.58 Å². The molecular formula is C33H30IrN2OSi-2. The van der Waals surface area contributed by atoms with Crippen molar-refractivity contribution in [2.75, 3.05) is 0 Å². The summed E-state index contributed by atoms with van der Waals surface area (Å²) in [6, 6.07) is 30.6. The van der Waals surface area contributed by atoms with Crippen molar-refractivity contribution in [2.45, 2.75) is 33.3 Å². The fourth-order valence-electron chi connectivity index (χ4n) is 3.97. The van der Waals surface area contributed by atoms with Gasteiger partial charge in [-0.3, -0.25) is 0 Å². The van der Waals surface area contributed by atoms with Crippen LogP contribution in [0.15, 0.2) is 95.7 Å². The van der Waals surface area contributed by atoms with Gasteiger partial charge in [-0.05, 0) is 29.9 Å². The summed E-state index contributed by atoms with van der Waals surface area (Å²) >= 11 is 0. The van der Waals surface area contributed by atoms with Gasteiger partial charge in [-0.25, -0.2) is 0 Å². The van der Waals surface area contributed by atoms with Crippen LogP contribution in [0.4, 0.5) is 0 Å². The van der Waals surface area contributed by atoms with E-state index >= 15 is 0 Å². The first kappa shape index (κ1) is 20.6. The Morgan fingerprint density at radius 3 is 2.24 bits per heavy atom. The van der Waals surface area contributed by atoms with Crippen LogP contribution in [0.2, 0.25) is 19.6 Å². The van der Waals surface area contributed by atoms with E-state index in [0.717, 1.165) is 33.2 Å². The predicted octanol–water partition coefficient (Wildman–Crippen LogP) is 8.16. The number of hydrogen-bond acceptors (Lipinski definition) is 3. The second kappa shape index (κ2) is 11.6. The Balaban J connectivity index is 0.000000199. The molecule has 0 aliphatic carbocycles. The molecule has 0 fully saturated rings. The number of fused-ring (bicyclic) bond motifs is 3. The fraction of sp³-hybridized carbons (Fsp3) is 0.152. The number of para-hydroxylation sites is 1. The maximum Gasteiger partial charge on any atom is 0.151 e. The van der Waals surface area contributed by atoms with E-state index in [2.05, 4.69) is 72.1 Å². The molecule has 6 aromatic rings. The average Bonchev–Trinajstić information content (AvgIpc) is 3.34. The van der Waals surface area contributed by atoms with Crippen molar-refractivity contribution >= 4 is 35.2 Å². The van der Waals surface area contributed by atoms with Crippen LogP contribution in [0.25, 0.3) is 44.5 Å². The molecule has 6 rings (SSSR count). The maximum atomic E-state index is 7.28. The van der Waals surface area contributed by atoms with Crippen molar-refractivity contribution in [3.63, 3.8) is 0 Å². The molecule has 0 aliphatic rings. The van der Waals surface area contributed by atoms with Crippen LogP contribution >= 0.6 is 0 Å². The molecule has 0 atom stereocenters. The summed E-state index contributed by atoms with van der Waals surface area (Å²) in [5, 5.41) is 3.57. The number of aryl methyl sites for hydroxylation is 2. The van der Waals surface area contributed by atoms with Gasteiger partial charge >= 0.3 is 0 Å². The zero-order valence-corrected chi connectivity index (χ0v) is 24.7. The molecular weight excluding hydrogens is 661 g/mol. The van der Waals surface area contributed by atoms with Gasteiger partial charge in [-0.15, -0.1) is 70.4 Å². The molecule has 5 heteroatoms. The van der Waals surface area contributed by atoms with Crippen molar-refractivity contribution in [1.82, 2.24) is 9.97 Å². The Morgan fingerprint density at radius 1 is 0.737 bits per heavy atom. The second-order valence-electron chi connectivity index (χ2n) is 9.82. The van der Waals surface area contributed by atoms with E-state index in [9.17, 15) is 0 Å². The third-order valence-electron chi connectivity index (χ3n) is 6.00. The molecule has 0 spiro atoms. The van der Waals surface area contributed by atoms with Gasteiger partial charge in [0.2, 0.25) is 0 Å². The monoisotopic (exact) mass is 697 g/mol. The second-order valence-corrected chi connectivity index (χ2v) is 14.9. The molecule has 3 aromatic heterocycles. The number of pyridine rings is 2. The normalized spacial score (nSPS) is 14.1. The zero-order valence-electron chi connectivity index (χ0n) is 27.3. The van der Waals surface area contributed by atoms with Gasteiger partial charge < -0.3 is 14.4 Å². The van der Waals surface area contributed by atoms with Crippen LogP contribution < -0.4 is 5.19 Å². The molecule has 38 heavy (non-hydrogen) atoms. The molecule has 0 saturated carbocycles. The molecule has 3 heterocycles. The van der Waals surface area contributed by atoms with Gasteiger partial charge in [-0.2, -0.15) is 0 Å². The molecule has 0 N–H and O–H groups in total. The molecule has 0 unspecified atom stereocenters. The quantitative estimate of drug-likeness (QED) is 0.139. The van der Waals surface area contributed by atoms with Crippen molar-refractivity contribution in [2.24, 2.45) is 0 Å². The first-order chi connectivity index (χ1) is 20.2. The summed E-state index contributed by atoms with van der Waals surface area (Å²) in [4.78, 5) is 8.66. The topological polar surface area (TPSA) is 38.9 Å². The Bertz CT molecular complexity index is 1820. The van der Waals surface area contributed by atoms with Gasteiger partial charge in [0.1, 0.15) is 5.58 Å². The molecule has 0 amide bonds. The first-order valence-electron chi connectivity index (χ1n) is 15.0. The van der Waals surface area contributed by atoms with Crippen molar-refractivity contribution in [3.8, 4) is 22.5 Å². The van der Waals surface area contributed by atoms with Crippen LogP contribution in [-0.4, -0.2) is 18.0 Å². The van der Waals surface area contributed by atoms with E-state index < -0.39 is 21.8 Å². The standard InChI is InChI=1S/C20H18NOSi.C13H12N.Ir/c1-23(2,3)15-8-6-7-14(11-15)18-12-17-16-9-4-5-10-19(16)22-20(17)13-21-18;1-10-3-6-12(7-4-10)13-8-5-11(2)9-14-13;/h4-10,12-13H,1-3H3;3-6,8-9H,1-2H3;/q2*-1;/i;1D3,2D3;. The maximum absolute atomic E-state index is 7.28. The molecule has 0 saturated heterocycles. The molecule has 0 bridgehead atoms. The van der Waals surface area contributed by atoms with E-state index in [1.165, 1.54) is 29.6 Å². The summed E-state index contributed by atoms with van der Waals surface area (Å²) in [6.07, 6.45) is 3.12. The van der Waals surface area contributed by atoms with E-state index in [1.807, 2.05) is 24.4 Å². The van der Waals surface area contributed by atoms with Gasteiger partial charge in [-0.1, -0.05) is 62.9 Å². The molecule has 0 aliphatic heterocycles. The minimum Gasteiger partial charge on any atom is -0.455 e. The smallest absolute Gasteiger partial charge is 0.151 e. The summed E-state index contributed by atoms with van der Waals surface area (Å²) in [6.45, 7) is 2.67. The Labute approximate surface area is 247 Å². The Morgan fingerprint density at radius 2 is 1.53 bits per heavy atom. The van der Waals surface area contributed by atoms with Gasteiger partial charge in [0.05, 0.1) is 14.3 Å². The SMILES string of the molecule is C[Si](C)(C)c1[c-]c(-c2cc3c(cn2)oc2ccccc23)ccc1.[2H]C([2H])([2H])c1c[c-]c(-c2ccc(C([2H])([2H])[2H])cn2)cc1.[Ir]. The van der Waals surface area contributed by atoms with Crippen LogP contribution in [0.3, 0.4) is 0 Å². The van der Waals surface area contributed by atoms with E-state index in [4.69, 9.17) is 12.6 Å². The number of nitrogens with zero attached hydrogens (tertiary/aromatic N) is 2. The van der Waals surface area contributed by atoms with Crippen LogP contribution in [0.1, 0.15) is 19.4 Å². The van der Waals surface area contributed by atoms with Crippen LogP contribution in [0.5, 0.6) is 0 Å². The molecule has 3 aromatic carbocycles. The average molecular weight is 697 g/mol. The number of benzene rings is 3. The Kier molecular flexibility index (Phi) is 6.26. The van der Waals surface area contributed by atoms with Crippen molar-refractivity contribution < 1.29 is 32.7 Å². The van der Waals surface area contributed by atoms with Crippen molar-refractivity contribution in [3.05, 3.63) is 115 Å². The summed E-state index contributed by atoms with van der Waals surface area (Å²) < 4.78 is 49.5. The molecule has 1 radical (unpaired) electrons. The minimum atomic E-state index is -2.18. The van der Waals surface area contributed by atoms with Gasteiger partial charge in [0.25, 0.3) is 0 Å². The first-order valence-corrected chi connectivity index (χ1v) is 15.5. The third kappa shape index (κ3) is 6.19. The number of hydrogen-bond donors (Lipinski definition) is 0. The van der Waals surface area contributed by atoms with Gasteiger partial charge in [0, 0.05) is 45.3 Å². The number of rotatable bonds is 3. The largest absolute Gasteiger partial charge is 0.455 e. The van der Waals surface area contributed by atoms with E-state index in [1.54, 1.807) is 12.1 Å². The number of aromatic nitrogens is 2. The van der Waals surface area contributed by atoms with Crippen molar-refractivity contribution in [1.29, 1.82) is 0 Å². The van der Waals surface area contributed by atoms with Crippen LogP contribution in [-0.2, 0) is 20.1 Å². The number of furan rings is 1.